The zero-order chi connectivity index (χ0) is 14.7. The molecule has 0 heterocycles. The lowest BCUT2D eigenvalue weighted by Gasteiger charge is -2.14. The molecule has 110 valence electrons. The Hall–Kier alpha value is -1.87. The molecule has 3 rings (SSSR count). The van der Waals surface area contributed by atoms with E-state index in [0.717, 1.165) is 36.3 Å². The van der Waals surface area contributed by atoms with Crippen LogP contribution in [0, 0.1) is 12.7 Å². The van der Waals surface area contributed by atoms with Gasteiger partial charge in [-0.25, -0.2) is 4.39 Å². The standard InChI is InChI=1S/C18H20FNO/c1-13-4-2-5-14(12-13)21-11-10-20-18-9-8-15-16(18)6-3-7-17(15)19/h2-7,12,18,20H,8-11H2,1H3. The molecule has 1 unspecified atom stereocenters. The van der Waals surface area contributed by atoms with Crippen LogP contribution in [0.1, 0.15) is 29.2 Å². The first kappa shape index (κ1) is 14.1. The Labute approximate surface area is 125 Å². The lowest BCUT2D eigenvalue weighted by molar-refractivity contribution is 0.305. The molecular formula is C18H20FNO. The van der Waals surface area contributed by atoms with Gasteiger partial charge in [0.15, 0.2) is 0 Å². The molecule has 2 aromatic carbocycles. The molecule has 0 fully saturated rings. The number of hydrogen-bond donors (Lipinski definition) is 1. The first-order chi connectivity index (χ1) is 10.2. The third kappa shape index (κ3) is 3.24. The minimum atomic E-state index is -0.0761. The maximum absolute atomic E-state index is 13.7. The van der Waals surface area contributed by atoms with E-state index in [1.54, 1.807) is 12.1 Å². The molecule has 1 atom stereocenters. The van der Waals surface area contributed by atoms with Gasteiger partial charge in [-0.05, 0) is 54.7 Å². The smallest absolute Gasteiger partial charge is 0.126 e. The minimum Gasteiger partial charge on any atom is -0.492 e. The Morgan fingerprint density at radius 1 is 1.24 bits per heavy atom. The number of hydrogen-bond acceptors (Lipinski definition) is 2. The van der Waals surface area contributed by atoms with Crippen molar-refractivity contribution in [1.82, 2.24) is 5.32 Å². The van der Waals surface area contributed by atoms with Gasteiger partial charge >= 0.3 is 0 Å². The van der Waals surface area contributed by atoms with E-state index in [2.05, 4.69) is 18.3 Å². The SMILES string of the molecule is Cc1cccc(OCCNC2CCc3c(F)cccc32)c1. The number of fused-ring (bicyclic) bond motifs is 1. The summed E-state index contributed by atoms with van der Waals surface area (Å²) in [6, 6.07) is 13.6. The third-order valence-electron chi connectivity index (χ3n) is 3.96. The van der Waals surface area contributed by atoms with Gasteiger partial charge in [0.05, 0.1) is 0 Å². The summed E-state index contributed by atoms with van der Waals surface area (Å²) in [5, 5.41) is 3.46. The lowest BCUT2D eigenvalue weighted by Crippen LogP contribution is -2.24. The Morgan fingerprint density at radius 3 is 2.95 bits per heavy atom. The molecule has 0 aliphatic heterocycles. The fraction of sp³-hybridized carbons (Fsp3) is 0.333. The monoisotopic (exact) mass is 285 g/mol. The molecule has 1 aliphatic carbocycles. The van der Waals surface area contributed by atoms with Crippen molar-refractivity contribution in [1.29, 1.82) is 0 Å². The van der Waals surface area contributed by atoms with E-state index in [4.69, 9.17) is 4.74 Å². The van der Waals surface area contributed by atoms with Gasteiger partial charge in [-0.2, -0.15) is 0 Å². The zero-order valence-electron chi connectivity index (χ0n) is 12.2. The van der Waals surface area contributed by atoms with Crippen LogP contribution in [0.5, 0.6) is 5.75 Å². The average Bonchev–Trinajstić information content (AvgIpc) is 2.88. The van der Waals surface area contributed by atoms with Crippen LogP contribution in [0.25, 0.3) is 0 Å². The predicted octanol–water partition coefficient (Wildman–Crippen LogP) is 3.79. The van der Waals surface area contributed by atoms with Crippen LogP contribution in [-0.2, 0) is 6.42 Å². The first-order valence-corrected chi connectivity index (χ1v) is 7.44. The molecule has 21 heavy (non-hydrogen) atoms. The van der Waals surface area contributed by atoms with Gasteiger partial charge in [-0.3, -0.25) is 0 Å². The molecule has 1 N–H and O–H groups in total. The predicted molar refractivity (Wildman–Crippen MR) is 82.1 cm³/mol. The first-order valence-electron chi connectivity index (χ1n) is 7.44. The Kier molecular flexibility index (Phi) is 4.20. The summed E-state index contributed by atoms with van der Waals surface area (Å²) in [5.41, 5.74) is 3.17. The average molecular weight is 285 g/mol. The number of nitrogens with one attached hydrogen (secondary N) is 1. The molecule has 3 heteroatoms. The molecule has 0 bridgehead atoms. The fourth-order valence-corrected chi connectivity index (χ4v) is 2.93. The highest BCUT2D eigenvalue weighted by Gasteiger charge is 2.23. The van der Waals surface area contributed by atoms with Gasteiger partial charge in [0.1, 0.15) is 18.2 Å². The Morgan fingerprint density at radius 2 is 2.10 bits per heavy atom. The van der Waals surface area contributed by atoms with Crippen LogP contribution in [-0.4, -0.2) is 13.2 Å². The maximum Gasteiger partial charge on any atom is 0.126 e. The normalized spacial score (nSPS) is 16.8. The zero-order valence-corrected chi connectivity index (χ0v) is 12.2. The summed E-state index contributed by atoms with van der Waals surface area (Å²) in [4.78, 5) is 0. The van der Waals surface area contributed by atoms with Crippen LogP contribution in [0.3, 0.4) is 0 Å². The molecular weight excluding hydrogens is 265 g/mol. The van der Waals surface area contributed by atoms with Gasteiger partial charge in [0.2, 0.25) is 0 Å². The molecule has 0 saturated heterocycles. The second-order valence-electron chi connectivity index (χ2n) is 5.52. The summed E-state index contributed by atoms with van der Waals surface area (Å²) < 4.78 is 19.4. The third-order valence-corrected chi connectivity index (χ3v) is 3.96. The minimum absolute atomic E-state index is 0.0761. The van der Waals surface area contributed by atoms with Gasteiger partial charge < -0.3 is 10.1 Å². The maximum atomic E-state index is 13.7. The van der Waals surface area contributed by atoms with Crippen LogP contribution in [0.2, 0.25) is 0 Å². The van der Waals surface area contributed by atoms with Crippen molar-refractivity contribution in [3.8, 4) is 5.75 Å². The second-order valence-corrected chi connectivity index (χ2v) is 5.52. The quantitative estimate of drug-likeness (QED) is 0.844. The lowest BCUT2D eigenvalue weighted by atomic mass is 10.1. The van der Waals surface area contributed by atoms with E-state index in [0.29, 0.717) is 6.61 Å². The topological polar surface area (TPSA) is 21.3 Å². The van der Waals surface area contributed by atoms with Crippen molar-refractivity contribution in [3.05, 3.63) is 65.0 Å². The van der Waals surface area contributed by atoms with Gasteiger partial charge in [0, 0.05) is 12.6 Å². The molecule has 0 spiro atoms. The number of benzene rings is 2. The van der Waals surface area contributed by atoms with Gasteiger partial charge in [0.25, 0.3) is 0 Å². The van der Waals surface area contributed by atoms with Crippen LogP contribution >= 0.6 is 0 Å². The number of ether oxygens (including phenoxy) is 1. The highest BCUT2D eigenvalue weighted by Crippen LogP contribution is 2.32. The van der Waals surface area contributed by atoms with Crippen LogP contribution in [0.15, 0.2) is 42.5 Å². The molecule has 0 aromatic heterocycles. The summed E-state index contributed by atoms with van der Waals surface area (Å²) in [5.74, 6) is 0.822. The molecule has 0 saturated carbocycles. The summed E-state index contributed by atoms with van der Waals surface area (Å²) in [6.07, 6.45) is 1.78. The fourth-order valence-electron chi connectivity index (χ4n) is 2.93. The van der Waals surface area contributed by atoms with E-state index in [1.165, 1.54) is 5.56 Å². The second kappa shape index (κ2) is 6.27. The van der Waals surface area contributed by atoms with Gasteiger partial charge in [-0.1, -0.05) is 24.3 Å². The van der Waals surface area contributed by atoms with Crippen molar-refractivity contribution in [2.75, 3.05) is 13.2 Å². The van der Waals surface area contributed by atoms with Crippen molar-refractivity contribution in [2.24, 2.45) is 0 Å². The van der Waals surface area contributed by atoms with Crippen molar-refractivity contribution in [3.63, 3.8) is 0 Å². The number of rotatable bonds is 5. The van der Waals surface area contributed by atoms with Crippen molar-refractivity contribution >= 4 is 0 Å². The molecule has 2 nitrogen and oxygen atoms in total. The van der Waals surface area contributed by atoms with E-state index in [1.807, 2.05) is 24.3 Å². The summed E-state index contributed by atoms with van der Waals surface area (Å²) in [7, 11) is 0. The molecule has 2 aromatic rings. The van der Waals surface area contributed by atoms with E-state index in [9.17, 15) is 4.39 Å². The van der Waals surface area contributed by atoms with E-state index >= 15 is 0 Å². The highest BCUT2D eigenvalue weighted by molar-refractivity contribution is 5.35. The highest BCUT2D eigenvalue weighted by atomic mass is 19.1. The van der Waals surface area contributed by atoms with Crippen molar-refractivity contribution < 1.29 is 9.13 Å². The number of halogens is 1. The Balaban J connectivity index is 1.50. The van der Waals surface area contributed by atoms with Gasteiger partial charge in [-0.15, -0.1) is 0 Å². The van der Waals surface area contributed by atoms with Crippen molar-refractivity contribution in [2.45, 2.75) is 25.8 Å². The molecule has 0 amide bonds. The molecule has 0 radical (unpaired) electrons. The van der Waals surface area contributed by atoms with E-state index in [-0.39, 0.29) is 11.9 Å². The molecule has 1 aliphatic rings. The van der Waals surface area contributed by atoms with E-state index < -0.39 is 0 Å². The summed E-state index contributed by atoms with van der Waals surface area (Å²) >= 11 is 0. The number of aryl methyl sites for hydroxylation is 1. The largest absolute Gasteiger partial charge is 0.492 e. The summed E-state index contributed by atoms with van der Waals surface area (Å²) in [6.45, 7) is 3.42. The Bertz CT molecular complexity index is 626. The van der Waals surface area contributed by atoms with Crippen LogP contribution < -0.4 is 10.1 Å². The van der Waals surface area contributed by atoms with Crippen LogP contribution in [0.4, 0.5) is 4.39 Å².